The molecule has 2 aliphatic rings. The van der Waals surface area contributed by atoms with Gasteiger partial charge < -0.3 is 25.3 Å². The van der Waals surface area contributed by atoms with Crippen LogP contribution in [0.5, 0.6) is 0 Å². The highest BCUT2D eigenvalue weighted by Gasteiger charge is 2.76. The maximum absolute atomic E-state index is 12.4. The van der Waals surface area contributed by atoms with Crippen LogP contribution < -0.4 is 10.6 Å². The first-order chi connectivity index (χ1) is 14.4. The topological polar surface area (TPSA) is 138 Å². The first-order valence-electron chi connectivity index (χ1n) is 9.55. The quantitative estimate of drug-likeness (QED) is 0.445. The number of aliphatic hydroxyl groups excluding tert-OH is 1. The minimum Gasteiger partial charge on any atom is -0.456 e. The maximum Gasteiger partial charge on any atom is 0.229 e. The molecule has 3 aromatic rings. The maximum atomic E-state index is 12.4. The lowest BCUT2D eigenvalue weighted by molar-refractivity contribution is -0.155. The number of carbonyl (C=O) groups excluding carboxylic acids is 1. The number of carbonyl (C=O) groups is 1. The predicted octanol–water partition coefficient (Wildman–Crippen LogP) is 0.0228. The molecule has 2 fully saturated rings. The zero-order chi connectivity index (χ0) is 21.1. The van der Waals surface area contributed by atoms with E-state index in [2.05, 4.69) is 37.4 Å². The van der Waals surface area contributed by atoms with Crippen LogP contribution in [0.3, 0.4) is 0 Å². The van der Waals surface area contributed by atoms with Crippen LogP contribution in [-0.4, -0.2) is 55.8 Å². The fraction of sp³-hybridized carbons (Fsp3) is 0.400. The highest BCUT2D eigenvalue weighted by Crippen LogP contribution is 2.68. The highest BCUT2D eigenvalue weighted by molar-refractivity contribution is 5.88. The Morgan fingerprint density at radius 3 is 2.87 bits per heavy atom. The van der Waals surface area contributed by atoms with Gasteiger partial charge in [0, 0.05) is 20.5 Å². The number of rotatable bonds is 3. The largest absolute Gasteiger partial charge is 0.456 e. The summed E-state index contributed by atoms with van der Waals surface area (Å²) in [6.07, 6.45) is 2.40. The van der Waals surface area contributed by atoms with Gasteiger partial charge >= 0.3 is 0 Å². The first kappa shape index (κ1) is 18.6. The zero-order valence-corrected chi connectivity index (χ0v) is 16.4. The Bertz CT molecular complexity index is 1210. The van der Waals surface area contributed by atoms with Crippen molar-refractivity contribution < 1.29 is 19.4 Å². The van der Waals surface area contributed by atoms with E-state index in [9.17, 15) is 15.0 Å². The molecular weight excluding hydrogens is 388 g/mol. The smallest absolute Gasteiger partial charge is 0.229 e. The number of nitrogens with one attached hydrogen (secondary N) is 2. The van der Waals surface area contributed by atoms with Crippen molar-refractivity contribution in [1.82, 2.24) is 24.8 Å². The number of amides is 1. The van der Waals surface area contributed by atoms with Gasteiger partial charge in [0.05, 0.1) is 18.0 Å². The van der Waals surface area contributed by atoms with Crippen molar-refractivity contribution in [1.29, 1.82) is 0 Å². The van der Waals surface area contributed by atoms with Gasteiger partial charge in [0.15, 0.2) is 28.5 Å². The molecule has 1 amide bonds. The second kappa shape index (κ2) is 6.29. The molecule has 0 bridgehead atoms. The summed E-state index contributed by atoms with van der Waals surface area (Å²) < 4.78 is 6.63. The molecule has 5 rings (SSSR count). The number of hydrogen-bond acceptors (Lipinski definition) is 8. The number of hydrogen-bond donors (Lipinski definition) is 4. The highest BCUT2D eigenvalue weighted by atomic mass is 16.4. The molecule has 10 heteroatoms. The summed E-state index contributed by atoms with van der Waals surface area (Å²) in [4.78, 5) is 25.5. The van der Waals surface area contributed by atoms with Crippen LogP contribution in [-0.2, 0) is 10.5 Å². The lowest BCUT2D eigenvalue weighted by Crippen LogP contribution is -2.49. The van der Waals surface area contributed by atoms with E-state index in [-0.39, 0.29) is 24.1 Å². The van der Waals surface area contributed by atoms with Gasteiger partial charge in [0.1, 0.15) is 6.10 Å². The summed E-state index contributed by atoms with van der Waals surface area (Å²) >= 11 is 0. The second-order valence-electron chi connectivity index (χ2n) is 7.67. The summed E-state index contributed by atoms with van der Waals surface area (Å²) in [7, 11) is 3.22. The molecule has 30 heavy (non-hydrogen) atoms. The number of furan rings is 1. The Morgan fingerprint density at radius 2 is 2.17 bits per heavy atom. The van der Waals surface area contributed by atoms with Crippen molar-refractivity contribution in [3.05, 3.63) is 36.3 Å². The van der Waals surface area contributed by atoms with Gasteiger partial charge in [-0.2, -0.15) is 0 Å². The van der Waals surface area contributed by atoms with E-state index >= 15 is 0 Å². The van der Waals surface area contributed by atoms with E-state index in [0.717, 1.165) is 0 Å². The molecule has 3 heterocycles. The summed E-state index contributed by atoms with van der Waals surface area (Å²) in [6, 6.07) is 3.45. The fourth-order valence-electron chi connectivity index (χ4n) is 4.57. The van der Waals surface area contributed by atoms with Gasteiger partial charge in [0.25, 0.3) is 0 Å². The summed E-state index contributed by atoms with van der Waals surface area (Å²) in [5.74, 6) is 6.40. The van der Waals surface area contributed by atoms with Gasteiger partial charge in [0.2, 0.25) is 11.7 Å². The number of anilines is 1. The number of aliphatic hydroxyl groups is 2. The third kappa shape index (κ3) is 2.39. The SMILES string of the molecule is CNC(=O)C12CC1C[C@](O)(n1cnc3c(NC)nc(C#Cc4ccco4)nc31)[C@@H]2O. The van der Waals surface area contributed by atoms with Crippen LogP contribution in [0.15, 0.2) is 29.1 Å². The summed E-state index contributed by atoms with van der Waals surface area (Å²) in [5.41, 5.74) is -1.96. The number of aromatic nitrogens is 4. The Balaban J connectivity index is 1.61. The van der Waals surface area contributed by atoms with Crippen molar-refractivity contribution in [2.24, 2.45) is 11.3 Å². The van der Waals surface area contributed by atoms with E-state index in [1.807, 2.05) is 0 Å². The van der Waals surface area contributed by atoms with Crippen LogP contribution in [0.2, 0.25) is 0 Å². The second-order valence-corrected chi connectivity index (χ2v) is 7.67. The number of fused-ring (bicyclic) bond motifs is 2. The minimum absolute atomic E-state index is 0.112. The molecule has 0 aliphatic heterocycles. The molecule has 154 valence electrons. The molecule has 4 atom stereocenters. The van der Waals surface area contributed by atoms with Gasteiger partial charge in [-0.1, -0.05) is 0 Å². The normalized spacial score (nSPS) is 29.2. The Labute approximate surface area is 171 Å². The lowest BCUT2D eigenvalue weighted by atomic mass is 9.94. The van der Waals surface area contributed by atoms with Crippen LogP contribution in [0.1, 0.15) is 24.4 Å². The fourth-order valence-corrected chi connectivity index (χ4v) is 4.57. The van der Waals surface area contributed by atoms with Gasteiger partial charge in [-0.15, -0.1) is 0 Å². The molecule has 3 aromatic heterocycles. The molecule has 10 nitrogen and oxygen atoms in total. The van der Waals surface area contributed by atoms with Crippen molar-refractivity contribution in [2.75, 3.05) is 19.4 Å². The molecule has 0 radical (unpaired) electrons. The van der Waals surface area contributed by atoms with Crippen molar-refractivity contribution in [3.63, 3.8) is 0 Å². The molecule has 0 aromatic carbocycles. The molecule has 0 saturated heterocycles. The van der Waals surface area contributed by atoms with Crippen LogP contribution in [0.4, 0.5) is 5.82 Å². The van der Waals surface area contributed by atoms with Crippen LogP contribution >= 0.6 is 0 Å². The standard InChI is InChI=1S/C20H20N6O4/c1-21-15-14-16(25-13(24-15)6-5-12-4-3-7-30-12)26(10-23-14)20(29)9-11-8-19(11,17(20)27)18(28)22-2/h3-4,7,10-11,17,27,29H,8-9H2,1-2H3,(H,22,28)(H,21,24,25)/t11?,17-,19?,20-/m1/s1. The van der Waals surface area contributed by atoms with Crippen molar-refractivity contribution in [2.45, 2.75) is 24.7 Å². The average molecular weight is 408 g/mol. The Morgan fingerprint density at radius 1 is 1.33 bits per heavy atom. The Hall–Kier alpha value is -3.42. The number of imidazole rings is 1. The van der Waals surface area contributed by atoms with Crippen molar-refractivity contribution >= 4 is 22.9 Å². The summed E-state index contributed by atoms with van der Waals surface area (Å²) in [6.45, 7) is 0. The van der Waals surface area contributed by atoms with E-state index in [0.29, 0.717) is 29.2 Å². The predicted molar refractivity (Wildman–Crippen MR) is 105 cm³/mol. The molecule has 2 saturated carbocycles. The van der Waals surface area contributed by atoms with E-state index in [1.54, 1.807) is 19.2 Å². The van der Waals surface area contributed by atoms with E-state index in [4.69, 9.17) is 4.42 Å². The molecule has 0 spiro atoms. The average Bonchev–Trinajstić information content (AvgIpc) is 3.11. The molecule has 2 unspecified atom stereocenters. The monoisotopic (exact) mass is 408 g/mol. The minimum atomic E-state index is -1.71. The summed E-state index contributed by atoms with van der Waals surface area (Å²) in [5, 5.41) is 28.0. The van der Waals surface area contributed by atoms with E-state index in [1.165, 1.54) is 24.2 Å². The molecule has 4 N–H and O–H groups in total. The molecular formula is C20H20N6O4. The van der Waals surface area contributed by atoms with Crippen molar-refractivity contribution in [3.8, 4) is 11.8 Å². The van der Waals surface area contributed by atoms with Crippen LogP contribution in [0.25, 0.3) is 11.2 Å². The number of nitrogens with zero attached hydrogens (tertiary/aromatic N) is 4. The van der Waals surface area contributed by atoms with Gasteiger partial charge in [-0.3, -0.25) is 9.36 Å². The molecule has 2 aliphatic carbocycles. The Kier molecular flexibility index (Phi) is 3.90. The van der Waals surface area contributed by atoms with Gasteiger partial charge in [-0.25, -0.2) is 15.0 Å². The van der Waals surface area contributed by atoms with Crippen LogP contribution in [0, 0.1) is 23.2 Å². The lowest BCUT2D eigenvalue weighted by Gasteiger charge is -2.33. The third-order valence-corrected chi connectivity index (χ3v) is 6.14. The van der Waals surface area contributed by atoms with Gasteiger partial charge in [-0.05, 0) is 36.3 Å². The van der Waals surface area contributed by atoms with E-state index < -0.39 is 17.2 Å². The third-order valence-electron chi connectivity index (χ3n) is 6.14. The first-order valence-corrected chi connectivity index (χ1v) is 9.55. The zero-order valence-electron chi connectivity index (χ0n) is 16.4.